The van der Waals surface area contributed by atoms with Gasteiger partial charge in [0.25, 0.3) is 0 Å². The van der Waals surface area contributed by atoms with Gasteiger partial charge < -0.3 is 15.8 Å². The highest BCUT2D eigenvalue weighted by molar-refractivity contribution is 5.92. The van der Waals surface area contributed by atoms with E-state index in [9.17, 15) is 9.18 Å². The first kappa shape index (κ1) is 15.6. The summed E-state index contributed by atoms with van der Waals surface area (Å²) in [7, 11) is 1.60. The molecule has 3 N–H and O–H groups in total. The molecule has 1 aromatic rings. The lowest BCUT2D eigenvalue weighted by molar-refractivity contribution is -0.117. The minimum absolute atomic E-state index is 0.162. The molecule has 0 aliphatic carbocycles. The molecule has 0 atom stereocenters. The van der Waals surface area contributed by atoms with Crippen LogP contribution in [0.1, 0.15) is 0 Å². The van der Waals surface area contributed by atoms with E-state index in [2.05, 4.69) is 5.32 Å². The van der Waals surface area contributed by atoms with Crippen molar-refractivity contribution in [2.45, 2.75) is 0 Å². The predicted octanol–water partition coefficient (Wildman–Crippen LogP) is 0.671. The van der Waals surface area contributed by atoms with Gasteiger partial charge in [-0.05, 0) is 12.1 Å². The zero-order valence-corrected chi connectivity index (χ0v) is 11.1. The van der Waals surface area contributed by atoms with Crippen molar-refractivity contribution < 1.29 is 13.9 Å². The van der Waals surface area contributed by atoms with E-state index in [-0.39, 0.29) is 18.1 Å². The Morgan fingerprint density at radius 2 is 2.16 bits per heavy atom. The summed E-state index contributed by atoms with van der Waals surface area (Å²) < 4.78 is 18.3. The number of hydrogen-bond acceptors (Lipinski definition) is 4. The highest BCUT2D eigenvalue weighted by Gasteiger charge is 2.11. The highest BCUT2D eigenvalue weighted by atomic mass is 19.1. The third kappa shape index (κ3) is 5.78. The first-order valence-electron chi connectivity index (χ1n) is 6.13. The van der Waals surface area contributed by atoms with Crippen molar-refractivity contribution in [1.29, 1.82) is 0 Å². The molecule has 1 aromatic carbocycles. The molecule has 1 rings (SSSR count). The molecule has 0 unspecified atom stereocenters. The number of para-hydroxylation sites is 1. The van der Waals surface area contributed by atoms with Crippen LogP contribution in [0, 0.1) is 5.82 Å². The van der Waals surface area contributed by atoms with Gasteiger partial charge in [0.15, 0.2) is 0 Å². The second kappa shape index (κ2) is 8.58. The molecule has 0 radical (unpaired) electrons. The van der Waals surface area contributed by atoms with Gasteiger partial charge in [-0.25, -0.2) is 4.39 Å². The molecule has 1 amide bonds. The summed E-state index contributed by atoms with van der Waals surface area (Å²) >= 11 is 0. The molecule has 0 bridgehead atoms. The largest absolute Gasteiger partial charge is 0.383 e. The number of methoxy groups -OCH3 is 1. The lowest BCUT2D eigenvalue weighted by Crippen LogP contribution is -2.38. The summed E-state index contributed by atoms with van der Waals surface area (Å²) in [5, 5.41) is 2.54. The van der Waals surface area contributed by atoms with E-state index < -0.39 is 5.82 Å². The monoisotopic (exact) mass is 269 g/mol. The minimum Gasteiger partial charge on any atom is -0.383 e. The molecule has 0 aromatic heterocycles. The number of hydrogen-bond donors (Lipinski definition) is 2. The van der Waals surface area contributed by atoms with E-state index in [1.807, 2.05) is 4.90 Å². The number of benzene rings is 1. The standard InChI is InChI=1S/C13H20FN3O2/c1-19-9-8-17(7-6-15)10-13(18)16-12-5-3-2-4-11(12)14/h2-5H,6-10,15H2,1H3,(H,16,18). The van der Waals surface area contributed by atoms with E-state index in [1.165, 1.54) is 12.1 Å². The van der Waals surface area contributed by atoms with Crippen LogP contribution < -0.4 is 11.1 Å². The molecule has 6 heteroatoms. The van der Waals surface area contributed by atoms with Gasteiger partial charge in [-0.1, -0.05) is 12.1 Å². The lowest BCUT2D eigenvalue weighted by atomic mass is 10.3. The van der Waals surface area contributed by atoms with E-state index in [1.54, 1.807) is 19.2 Å². The number of nitrogens with zero attached hydrogens (tertiary/aromatic N) is 1. The molecule has 0 saturated carbocycles. The van der Waals surface area contributed by atoms with Gasteiger partial charge in [0.2, 0.25) is 5.91 Å². The summed E-state index contributed by atoms with van der Waals surface area (Å²) in [6.07, 6.45) is 0. The second-order valence-corrected chi connectivity index (χ2v) is 4.09. The van der Waals surface area contributed by atoms with E-state index in [0.29, 0.717) is 26.2 Å². The number of carbonyl (C=O) groups is 1. The molecule has 19 heavy (non-hydrogen) atoms. The number of nitrogens with one attached hydrogen (secondary N) is 1. The van der Waals surface area contributed by atoms with Crippen molar-refractivity contribution in [1.82, 2.24) is 4.90 Å². The van der Waals surface area contributed by atoms with Crippen molar-refractivity contribution in [3.05, 3.63) is 30.1 Å². The number of anilines is 1. The minimum atomic E-state index is -0.446. The summed E-state index contributed by atoms with van der Waals surface area (Å²) in [5.74, 6) is -0.715. The number of ether oxygens (including phenoxy) is 1. The third-order valence-corrected chi connectivity index (χ3v) is 2.57. The van der Waals surface area contributed by atoms with Crippen molar-refractivity contribution >= 4 is 11.6 Å². The first-order valence-corrected chi connectivity index (χ1v) is 6.13. The fourth-order valence-electron chi connectivity index (χ4n) is 1.63. The fourth-order valence-corrected chi connectivity index (χ4v) is 1.63. The Labute approximate surface area is 112 Å². The van der Waals surface area contributed by atoms with Crippen molar-refractivity contribution in [2.24, 2.45) is 5.73 Å². The van der Waals surface area contributed by atoms with Gasteiger partial charge in [-0.2, -0.15) is 0 Å². The first-order chi connectivity index (χ1) is 9.17. The Morgan fingerprint density at radius 3 is 2.79 bits per heavy atom. The third-order valence-electron chi connectivity index (χ3n) is 2.57. The lowest BCUT2D eigenvalue weighted by Gasteiger charge is -2.20. The van der Waals surface area contributed by atoms with Gasteiger partial charge in [0.05, 0.1) is 18.8 Å². The van der Waals surface area contributed by atoms with Crippen LogP contribution in [0.15, 0.2) is 24.3 Å². The topological polar surface area (TPSA) is 67.6 Å². The number of rotatable bonds is 8. The number of carbonyl (C=O) groups excluding carboxylic acids is 1. The van der Waals surface area contributed by atoms with Crippen LogP contribution >= 0.6 is 0 Å². The zero-order chi connectivity index (χ0) is 14.1. The van der Waals surface area contributed by atoms with Crippen LogP contribution in [0.5, 0.6) is 0 Å². The van der Waals surface area contributed by atoms with E-state index in [0.717, 1.165) is 0 Å². The number of halogens is 1. The molecule has 0 aliphatic rings. The SMILES string of the molecule is COCCN(CCN)CC(=O)Nc1ccccc1F. The zero-order valence-electron chi connectivity index (χ0n) is 11.1. The van der Waals surface area contributed by atoms with Crippen LogP contribution in [-0.2, 0) is 9.53 Å². The Kier molecular flexibility index (Phi) is 7.02. The van der Waals surface area contributed by atoms with Gasteiger partial charge in [-0.3, -0.25) is 9.69 Å². The van der Waals surface area contributed by atoms with Gasteiger partial charge in [-0.15, -0.1) is 0 Å². The quantitative estimate of drug-likeness (QED) is 0.728. The van der Waals surface area contributed by atoms with Gasteiger partial charge in [0, 0.05) is 26.7 Å². The van der Waals surface area contributed by atoms with Crippen LogP contribution in [-0.4, -0.2) is 50.7 Å². The van der Waals surface area contributed by atoms with Crippen LogP contribution in [0.4, 0.5) is 10.1 Å². The van der Waals surface area contributed by atoms with Crippen LogP contribution in [0.2, 0.25) is 0 Å². The summed E-state index contributed by atoms with van der Waals surface area (Å²) in [4.78, 5) is 13.7. The number of nitrogens with two attached hydrogens (primary N) is 1. The predicted molar refractivity (Wildman–Crippen MR) is 72.4 cm³/mol. The summed E-state index contributed by atoms with van der Waals surface area (Å²) in [5.41, 5.74) is 5.67. The smallest absolute Gasteiger partial charge is 0.238 e. The normalized spacial score (nSPS) is 10.7. The molecule has 0 heterocycles. The Balaban J connectivity index is 2.50. The molecule has 0 fully saturated rings. The average Bonchev–Trinajstić information content (AvgIpc) is 2.39. The maximum Gasteiger partial charge on any atom is 0.238 e. The molecule has 0 saturated heterocycles. The highest BCUT2D eigenvalue weighted by Crippen LogP contribution is 2.12. The van der Waals surface area contributed by atoms with E-state index >= 15 is 0 Å². The Hall–Kier alpha value is -1.50. The number of amides is 1. The van der Waals surface area contributed by atoms with Crippen molar-refractivity contribution in [3.63, 3.8) is 0 Å². The van der Waals surface area contributed by atoms with E-state index in [4.69, 9.17) is 10.5 Å². The fraction of sp³-hybridized carbons (Fsp3) is 0.462. The molecule has 0 spiro atoms. The van der Waals surface area contributed by atoms with Crippen molar-refractivity contribution in [3.8, 4) is 0 Å². The maximum atomic E-state index is 13.4. The molecular formula is C13H20FN3O2. The molecule has 0 aliphatic heterocycles. The van der Waals surface area contributed by atoms with Crippen molar-refractivity contribution in [2.75, 3.05) is 45.2 Å². The van der Waals surface area contributed by atoms with Crippen LogP contribution in [0.3, 0.4) is 0 Å². The maximum absolute atomic E-state index is 13.4. The average molecular weight is 269 g/mol. The summed E-state index contributed by atoms with van der Waals surface area (Å²) in [6, 6.07) is 6.07. The van der Waals surface area contributed by atoms with Gasteiger partial charge in [0.1, 0.15) is 5.82 Å². The Bertz CT molecular complexity index is 401. The van der Waals surface area contributed by atoms with Gasteiger partial charge >= 0.3 is 0 Å². The molecule has 5 nitrogen and oxygen atoms in total. The van der Waals surface area contributed by atoms with Crippen LogP contribution in [0.25, 0.3) is 0 Å². The molecule has 106 valence electrons. The summed E-state index contributed by atoms with van der Waals surface area (Å²) in [6.45, 7) is 2.34. The Morgan fingerprint density at radius 1 is 1.42 bits per heavy atom. The molecular weight excluding hydrogens is 249 g/mol. The second-order valence-electron chi connectivity index (χ2n) is 4.09.